The lowest BCUT2D eigenvalue weighted by Gasteiger charge is -2.21. The smallest absolute Gasteiger partial charge is 0.164 e. The van der Waals surface area contributed by atoms with Gasteiger partial charge < -0.3 is 4.42 Å². The number of fused-ring (bicyclic) bond motifs is 3. The first-order valence-corrected chi connectivity index (χ1v) is 19.5. The maximum absolute atomic E-state index is 6.53. The fourth-order valence-electron chi connectivity index (χ4n) is 7.73. The molecule has 2 aromatic heterocycles. The molecule has 0 aliphatic carbocycles. The molecule has 0 spiro atoms. The minimum atomic E-state index is 0.172. The first-order valence-electron chi connectivity index (χ1n) is 19.5. The predicted octanol–water partition coefficient (Wildman–Crippen LogP) is 7.41. The van der Waals surface area contributed by atoms with Gasteiger partial charge in [0.15, 0.2) is 17.5 Å². The van der Waals surface area contributed by atoms with E-state index < -0.39 is 0 Å². The summed E-state index contributed by atoms with van der Waals surface area (Å²) in [5, 5.41) is 2.04. The molecule has 9 heteroatoms. The van der Waals surface area contributed by atoms with E-state index in [1.54, 1.807) is 0 Å². The molecular formula is C51H28B5N3O. The Hall–Kier alpha value is -7.11. The maximum Gasteiger partial charge on any atom is 0.164 e. The lowest BCUT2D eigenvalue weighted by molar-refractivity contribution is 0.669. The Morgan fingerprint density at radius 2 is 0.600 bits per heavy atom. The third kappa shape index (κ3) is 6.76. The molecule has 0 unspecified atom stereocenters. The first kappa shape index (κ1) is 37.2. The van der Waals surface area contributed by atoms with Crippen LogP contribution in [0, 0.1) is 0 Å². The van der Waals surface area contributed by atoms with Crippen LogP contribution in [0.5, 0.6) is 0 Å². The maximum atomic E-state index is 6.53. The molecule has 8 aromatic carbocycles. The minimum absolute atomic E-state index is 0.172. The van der Waals surface area contributed by atoms with Gasteiger partial charge >= 0.3 is 0 Å². The summed E-state index contributed by atoms with van der Waals surface area (Å²) in [6.07, 6.45) is 0. The zero-order valence-electron chi connectivity index (χ0n) is 32.3. The van der Waals surface area contributed by atoms with Gasteiger partial charge in [0, 0.05) is 27.5 Å². The number of aromatic nitrogens is 3. The van der Waals surface area contributed by atoms with Crippen LogP contribution in [0.25, 0.3) is 101 Å². The van der Waals surface area contributed by atoms with Gasteiger partial charge in [0.2, 0.25) is 0 Å². The van der Waals surface area contributed by atoms with Crippen molar-refractivity contribution < 1.29 is 4.42 Å². The van der Waals surface area contributed by atoms with Crippen LogP contribution < -0.4 is 27.3 Å². The van der Waals surface area contributed by atoms with Crippen molar-refractivity contribution in [2.75, 3.05) is 0 Å². The zero-order valence-corrected chi connectivity index (χ0v) is 32.3. The van der Waals surface area contributed by atoms with Crippen LogP contribution in [-0.4, -0.2) is 54.2 Å². The van der Waals surface area contributed by atoms with E-state index in [9.17, 15) is 0 Å². The molecule has 10 rings (SSSR count). The summed E-state index contributed by atoms with van der Waals surface area (Å²) in [7, 11) is 31.1. The highest BCUT2D eigenvalue weighted by atomic mass is 16.3. The molecule has 0 N–H and O–H groups in total. The van der Waals surface area contributed by atoms with Crippen LogP contribution in [0.4, 0.5) is 0 Å². The third-order valence-electron chi connectivity index (χ3n) is 11.1. The van der Waals surface area contributed by atoms with Gasteiger partial charge in [-0.2, -0.15) is 0 Å². The average Bonchev–Trinajstić information content (AvgIpc) is 3.68. The van der Waals surface area contributed by atoms with Crippen molar-refractivity contribution >= 4 is 88.5 Å². The van der Waals surface area contributed by atoms with Gasteiger partial charge in [-0.25, -0.2) is 15.0 Å². The van der Waals surface area contributed by atoms with Crippen LogP contribution in [0.2, 0.25) is 0 Å². The average molecular weight is 753 g/mol. The molecule has 0 bridgehead atoms. The van der Waals surface area contributed by atoms with Crippen LogP contribution in [0.3, 0.4) is 0 Å². The molecule has 0 amide bonds. The fourth-order valence-corrected chi connectivity index (χ4v) is 7.73. The summed E-state index contributed by atoms with van der Waals surface area (Å²) in [6.45, 7) is 0. The molecule has 268 valence electrons. The minimum Gasteiger partial charge on any atom is -0.456 e. The molecule has 0 saturated carbocycles. The van der Waals surface area contributed by atoms with Gasteiger partial charge in [0.25, 0.3) is 0 Å². The fraction of sp³-hybridized carbons (Fsp3) is 0. The van der Waals surface area contributed by atoms with E-state index in [0.717, 1.165) is 60.9 Å². The Kier molecular flexibility index (Phi) is 9.45. The standard InChI is InChI=1S/C51H28B5N3O/c52-44-43(45(53)47(55)48(56)46(44)54)34-19-21-36(22-20-34)50-57-49(35-9-5-2-6-10-35)58-51(59-50)38-24-26-40-39-25-23-37(27-41(39)60-42(40)28-38)33-17-15-32(16-18-33)31-13-11-30(12-14-31)29-7-3-1-4-8-29/h1-28H. The highest BCUT2D eigenvalue weighted by Gasteiger charge is 2.17. The van der Waals surface area contributed by atoms with E-state index in [2.05, 4.69) is 97.1 Å². The van der Waals surface area contributed by atoms with Gasteiger partial charge in [-0.05, 0) is 68.8 Å². The summed E-state index contributed by atoms with van der Waals surface area (Å²) < 4.78 is 6.53. The number of hydrogen-bond acceptors (Lipinski definition) is 4. The Morgan fingerprint density at radius 1 is 0.283 bits per heavy atom. The molecule has 0 saturated heterocycles. The molecule has 0 fully saturated rings. The van der Waals surface area contributed by atoms with E-state index in [4.69, 9.17) is 58.6 Å². The van der Waals surface area contributed by atoms with Gasteiger partial charge in [0.05, 0.1) is 0 Å². The molecule has 10 radical (unpaired) electrons. The number of hydrogen-bond donors (Lipinski definition) is 0. The van der Waals surface area contributed by atoms with Crippen molar-refractivity contribution in [2.45, 2.75) is 0 Å². The third-order valence-corrected chi connectivity index (χ3v) is 11.1. The normalized spacial score (nSPS) is 11.3. The second-order valence-electron chi connectivity index (χ2n) is 14.7. The zero-order chi connectivity index (χ0) is 40.9. The van der Waals surface area contributed by atoms with Crippen LogP contribution in [0.15, 0.2) is 174 Å². The van der Waals surface area contributed by atoms with Crippen molar-refractivity contribution in [3.63, 3.8) is 0 Å². The Balaban J connectivity index is 0.969. The second kappa shape index (κ2) is 15.2. The monoisotopic (exact) mass is 753 g/mol. The molecule has 10 aromatic rings. The van der Waals surface area contributed by atoms with E-state index in [1.165, 1.54) is 16.7 Å². The van der Waals surface area contributed by atoms with Crippen LogP contribution >= 0.6 is 0 Å². The van der Waals surface area contributed by atoms with Crippen molar-refractivity contribution in [2.24, 2.45) is 0 Å². The molecular weight excluding hydrogens is 725 g/mol. The topological polar surface area (TPSA) is 51.8 Å². The number of nitrogens with zero attached hydrogens (tertiary/aromatic N) is 3. The van der Waals surface area contributed by atoms with Gasteiger partial charge in [0.1, 0.15) is 50.4 Å². The molecule has 2 heterocycles. The van der Waals surface area contributed by atoms with Crippen LogP contribution in [-0.2, 0) is 0 Å². The van der Waals surface area contributed by atoms with Gasteiger partial charge in [-0.1, -0.05) is 157 Å². The molecule has 4 nitrogen and oxygen atoms in total. The summed E-state index contributed by atoms with van der Waals surface area (Å²) in [6, 6.07) is 57.6. The molecule has 0 aliphatic rings. The Bertz CT molecular complexity index is 3200. The summed E-state index contributed by atoms with van der Waals surface area (Å²) >= 11 is 0. The van der Waals surface area contributed by atoms with E-state index in [-0.39, 0.29) is 27.3 Å². The lowest BCUT2D eigenvalue weighted by atomic mass is 9.59. The number of rotatable bonds is 7. The number of benzene rings is 8. The molecule has 0 aliphatic heterocycles. The van der Waals surface area contributed by atoms with E-state index in [1.807, 2.05) is 72.8 Å². The lowest BCUT2D eigenvalue weighted by Crippen LogP contribution is -2.55. The second-order valence-corrected chi connectivity index (χ2v) is 14.7. The van der Waals surface area contributed by atoms with Crippen molar-refractivity contribution in [3.8, 4) is 78.7 Å². The van der Waals surface area contributed by atoms with Crippen molar-refractivity contribution in [1.82, 2.24) is 15.0 Å². The Labute approximate surface area is 354 Å². The van der Waals surface area contributed by atoms with Gasteiger partial charge in [-0.15, -0.1) is 16.4 Å². The quantitative estimate of drug-likeness (QED) is 0.159. The predicted molar refractivity (Wildman–Crippen MR) is 252 cm³/mol. The summed E-state index contributed by atoms with van der Waals surface area (Å²) in [4.78, 5) is 14.8. The summed E-state index contributed by atoms with van der Waals surface area (Å²) in [5.41, 5.74) is 13.2. The summed E-state index contributed by atoms with van der Waals surface area (Å²) in [5.74, 6) is 1.54. The Morgan fingerprint density at radius 3 is 1.10 bits per heavy atom. The van der Waals surface area contributed by atoms with Gasteiger partial charge in [-0.3, -0.25) is 0 Å². The molecule has 0 atom stereocenters. The highest BCUT2D eigenvalue weighted by molar-refractivity contribution is 6.68. The van der Waals surface area contributed by atoms with Crippen molar-refractivity contribution in [1.29, 1.82) is 0 Å². The van der Waals surface area contributed by atoms with E-state index >= 15 is 0 Å². The highest BCUT2D eigenvalue weighted by Crippen LogP contribution is 2.36. The number of furan rings is 1. The SMILES string of the molecule is [B]c1c([B])c([B])c(-c2ccc(-c3nc(-c4ccccc4)nc(-c4ccc5c(c4)oc4cc(-c6ccc(-c7ccc(-c8ccccc8)cc7)cc6)ccc45)n3)cc2)c([B])c1[B]. The van der Waals surface area contributed by atoms with Crippen LogP contribution in [0.1, 0.15) is 0 Å². The molecule has 60 heavy (non-hydrogen) atoms. The first-order chi connectivity index (χ1) is 29.3. The van der Waals surface area contributed by atoms with Crippen molar-refractivity contribution in [3.05, 3.63) is 170 Å². The largest absolute Gasteiger partial charge is 0.456 e. The van der Waals surface area contributed by atoms with E-state index in [0.29, 0.717) is 23.0 Å².